The van der Waals surface area contributed by atoms with Gasteiger partial charge in [-0.25, -0.2) is 21.2 Å². The topological polar surface area (TPSA) is 116 Å². The molecule has 3 aromatic carbocycles. The Kier molecular flexibility index (Phi) is 8.58. The molecular formula is C26H29FN4O5S2. The van der Waals surface area contributed by atoms with Crippen LogP contribution in [-0.2, 0) is 31.3 Å². The Morgan fingerprint density at radius 2 is 1.42 bits per heavy atom. The van der Waals surface area contributed by atoms with E-state index < -0.39 is 37.8 Å². The molecule has 0 bridgehead atoms. The van der Waals surface area contributed by atoms with Crippen LogP contribution in [0, 0.1) is 5.82 Å². The molecule has 1 saturated heterocycles. The van der Waals surface area contributed by atoms with Crippen LogP contribution in [0.15, 0.2) is 88.7 Å². The summed E-state index contributed by atoms with van der Waals surface area (Å²) in [6.45, 7) is 2.08. The third-order valence-corrected chi connectivity index (χ3v) is 9.64. The maximum absolute atomic E-state index is 13.3. The molecule has 202 valence electrons. The van der Waals surface area contributed by atoms with Gasteiger partial charge < -0.3 is 10.2 Å². The van der Waals surface area contributed by atoms with Crippen molar-refractivity contribution < 1.29 is 26.0 Å². The fourth-order valence-corrected chi connectivity index (χ4v) is 6.64. The minimum absolute atomic E-state index is 0.0585. The Balaban J connectivity index is 1.51. The zero-order valence-electron chi connectivity index (χ0n) is 20.7. The number of carbonyl (C=O) groups is 1. The maximum atomic E-state index is 13.3. The minimum Gasteiger partial charge on any atom is -0.325 e. The summed E-state index contributed by atoms with van der Waals surface area (Å²) in [6.07, 6.45) is 0.0585. The van der Waals surface area contributed by atoms with Crippen LogP contribution in [0.2, 0.25) is 0 Å². The highest BCUT2D eigenvalue weighted by Crippen LogP contribution is 2.20. The molecule has 0 radical (unpaired) electrons. The number of rotatable bonds is 9. The van der Waals surface area contributed by atoms with Gasteiger partial charge in [0.25, 0.3) is 0 Å². The predicted molar refractivity (Wildman–Crippen MR) is 142 cm³/mol. The molecule has 0 unspecified atom stereocenters. The normalized spacial score (nSPS) is 16.2. The van der Waals surface area contributed by atoms with E-state index in [1.165, 1.54) is 28.6 Å². The van der Waals surface area contributed by atoms with Crippen molar-refractivity contribution in [2.24, 2.45) is 0 Å². The van der Waals surface area contributed by atoms with Gasteiger partial charge in [-0.3, -0.25) is 4.79 Å². The van der Waals surface area contributed by atoms with E-state index in [2.05, 4.69) is 14.9 Å². The first kappa shape index (κ1) is 27.9. The number of benzene rings is 3. The Bertz CT molecular complexity index is 1460. The highest BCUT2D eigenvalue weighted by molar-refractivity contribution is 7.89. The van der Waals surface area contributed by atoms with Gasteiger partial charge in [0.1, 0.15) is 11.9 Å². The Labute approximate surface area is 222 Å². The highest BCUT2D eigenvalue weighted by atomic mass is 32.2. The van der Waals surface area contributed by atoms with Crippen molar-refractivity contribution in [2.75, 3.05) is 38.5 Å². The summed E-state index contributed by atoms with van der Waals surface area (Å²) in [5.74, 6) is -1.21. The average Bonchev–Trinajstić information content (AvgIpc) is 2.89. The first-order chi connectivity index (χ1) is 18.0. The van der Waals surface area contributed by atoms with Crippen molar-refractivity contribution in [3.8, 4) is 0 Å². The van der Waals surface area contributed by atoms with E-state index in [0.717, 1.165) is 29.8 Å². The molecule has 1 aliphatic rings. The summed E-state index contributed by atoms with van der Waals surface area (Å²) in [4.78, 5) is 15.2. The fourth-order valence-electron chi connectivity index (χ4n) is 4.02. The molecular weight excluding hydrogens is 531 g/mol. The standard InChI is InChI=1S/C26H29FN4O5S2/c1-30-15-17-31(18-16-30)38(35,36)24-13-9-22(10-14-24)28-26(32)25(19-20-5-3-2-4-6-20)29-37(33,34)23-11-7-21(27)8-12-23/h2-14,25,29H,15-19H2,1H3,(H,28,32)/t25-/m1/s1. The van der Waals surface area contributed by atoms with Crippen LogP contribution in [0.4, 0.5) is 10.1 Å². The van der Waals surface area contributed by atoms with E-state index in [1.807, 2.05) is 7.05 Å². The van der Waals surface area contributed by atoms with E-state index in [4.69, 9.17) is 0 Å². The fraction of sp³-hybridized carbons (Fsp3) is 0.269. The number of amides is 1. The molecule has 4 rings (SSSR count). The quantitative estimate of drug-likeness (QED) is 0.415. The van der Waals surface area contributed by atoms with Crippen LogP contribution in [0.25, 0.3) is 0 Å². The number of hydrogen-bond donors (Lipinski definition) is 2. The van der Waals surface area contributed by atoms with Gasteiger partial charge in [0.2, 0.25) is 26.0 Å². The van der Waals surface area contributed by atoms with E-state index in [9.17, 15) is 26.0 Å². The van der Waals surface area contributed by atoms with Gasteiger partial charge >= 0.3 is 0 Å². The van der Waals surface area contributed by atoms with E-state index >= 15 is 0 Å². The Hall–Kier alpha value is -3.16. The van der Waals surface area contributed by atoms with Crippen molar-refractivity contribution in [2.45, 2.75) is 22.3 Å². The van der Waals surface area contributed by atoms with E-state index in [-0.39, 0.29) is 16.2 Å². The number of halogens is 1. The Morgan fingerprint density at radius 3 is 2.03 bits per heavy atom. The first-order valence-corrected chi connectivity index (χ1v) is 14.9. The van der Waals surface area contributed by atoms with Crippen LogP contribution < -0.4 is 10.0 Å². The SMILES string of the molecule is CN1CCN(S(=O)(=O)c2ccc(NC(=O)[C@@H](Cc3ccccc3)NS(=O)(=O)c3ccc(F)cc3)cc2)CC1. The molecule has 2 N–H and O–H groups in total. The van der Waals surface area contributed by atoms with Gasteiger partial charge in [-0.15, -0.1) is 0 Å². The molecule has 3 aromatic rings. The molecule has 1 atom stereocenters. The summed E-state index contributed by atoms with van der Waals surface area (Å²) in [7, 11) is -5.87. The van der Waals surface area contributed by atoms with Gasteiger partial charge in [-0.05, 0) is 67.6 Å². The molecule has 0 aromatic heterocycles. The molecule has 0 aliphatic carbocycles. The molecule has 38 heavy (non-hydrogen) atoms. The van der Waals surface area contributed by atoms with Gasteiger partial charge in [0.15, 0.2) is 0 Å². The number of hydrogen-bond acceptors (Lipinski definition) is 6. The van der Waals surface area contributed by atoms with Gasteiger partial charge in [-0.1, -0.05) is 30.3 Å². The molecule has 0 saturated carbocycles. The van der Waals surface area contributed by atoms with E-state index in [0.29, 0.717) is 31.9 Å². The zero-order chi connectivity index (χ0) is 27.3. The number of piperazine rings is 1. The van der Waals surface area contributed by atoms with Crippen molar-refractivity contribution in [3.05, 3.63) is 90.2 Å². The number of sulfonamides is 2. The molecule has 12 heteroatoms. The highest BCUT2D eigenvalue weighted by Gasteiger charge is 2.29. The number of likely N-dealkylation sites (N-methyl/N-ethyl adjacent to an activating group) is 1. The molecule has 1 amide bonds. The second-order valence-electron chi connectivity index (χ2n) is 9.04. The third kappa shape index (κ3) is 6.83. The molecule has 1 aliphatic heterocycles. The van der Waals surface area contributed by atoms with Crippen LogP contribution in [0.5, 0.6) is 0 Å². The Morgan fingerprint density at radius 1 is 0.842 bits per heavy atom. The summed E-state index contributed by atoms with van der Waals surface area (Å²) in [5, 5.41) is 2.67. The molecule has 1 fully saturated rings. The van der Waals surface area contributed by atoms with E-state index in [1.54, 1.807) is 30.3 Å². The van der Waals surface area contributed by atoms with Crippen molar-refractivity contribution in [1.29, 1.82) is 0 Å². The van der Waals surface area contributed by atoms with Crippen LogP contribution in [-0.4, -0.2) is 71.2 Å². The lowest BCUT2D eigenvalue weighted by atomic mass is 10.1. The van der Waals surface area contributed by atoms with Crippen LogP contribution in [0.1, 0.15) is 5.56 Å². The van der Waals surface area contributed by atoms with Gasteiger partial charge in [0.05, 0.1) is 9.79 Å². The second-order valence-corrected chi connectivity index (χ2v) is 12.7. The number of carbonyl (C=O) groups excluding carboxylic acids is 1. The average molecular weight is 561 g/mol. The number of anilines is 1. The molecule has 9 nitrogen and oxygen atoms in total. The maximum Gasteiger partial charge on any atom is 0.243 e. The first-order valence-electron chi connectivity index (χ1n) is 12.0. The van der Waals surface area contributed by atoms with Crippen molar-refractivity contribution >= 4 is 31.6 Å². The van der Waals surface area contributed by atoms with Crippen LogP contribution >= 0.6 is 0 Å². The van der Waals surface area contributed by atoms with Crippen molar-refractivity contribution in [3.63, 3.8) is 0 Å². The zero-order valence-corrected chi connectivity index (χ0v) is 22.4. The summed E-state index contributed by atoms with van der Waals surface area (Å²) >= 11 is 0. The summed E-state index contributed by atoms with van der Waals surface area (Å²) in [5.41, 5.74) is 1.04. The third-order valence-electron chi connectivity index (χ3n) is 6.24. The molecule has 0 spiro atoms. The predicted octanol–water partition coefficient (Wildman–Crippen LogP) is 2.29. The molecule has 1 heterocycles. The monoisotopic (exact) mass is 560 g/mol. The number of nitrogens with one attached hydrogen (secondary N) is 2. The number of nitrogens with zero attached hydrogens (tertiary/aromatic N) is 2. The van der Waals surface area contributed by atoms with Gasteiger partial charge in [0, 0.05) is 31.9 Å². The lowest BCUT2D eigenvalue weighted by Crippen LogP contribution is -2.47. The summed E-state index contributed by atoms with van der Waals surface area (Å²) < 4.78 is 69.0. The van der Waals surface area contributed by atoms with Gasteiger partial charge in [-0.2, -0.15) is 9.03 Å². The summed E-state index contributed by atoms with van der Waals surface area (Å²) in [6, 6.07) is 17.8. The smallest absolute Gasteiger partial charge is 0.243 e. The lowest BCUT2D eigenvalue weighted by Gasteiger charge is -2.31. The largest absolute Gasteiger partial charge is 0.325 e. The second kappa shape index (κ2) is 11.7. The van der Waals surface area contributed by atoms with Crippen molar-refractivity contribution in [1.82, 2.24) is 13.9 Å². The van der Waals surface area contributed by atoms with Crippen LogP contribution in [0.3, 0.4) is 0 Å². The lowest BCUT2D eigenvalue weighted by molar-refractivity contribution is -0.117. The minimum atomic E-state index is -4.14.